The van der Waals surface area contributed by atoms with E-state index in [-0.39, 0.29) is 24.8 Å². The Morgan fingerprint density at radius 1 is 1.10 bits per heavy atom. The van der Waals surface area contributed by atoms with Crippen LogP contribution in [-0.4, -0.2) is 41.9 Å². The van der Waals surface area contributed by atoms with Crippen LogP contribution in [0.15, 0.2) is 47.6 Å². The minimum Gasteiger partial charge on any atom is -0.497 e. The molecule has 0 bridgehead atoms. The molecule has 0 unspecified atom stereocenters. The number of methoxy groups -OCH3 is 2. The fraction of sp³-hybridized carbons (Fsp3) is 0.318. The number of hydrogen-bond donors (Lipinski definition) is 1. The average molecular weight is 396 g/mol. The highest BCUT2D eigenvalue weighted by Crippen LogP contribution is 2.36. The zero-order valence-corrected chi connectivity index (χ0v) is 16.7. The van der Waals surface area contributed by atoms with Gasteiger partial charge in [0.2, 0.25) is 5.91 Å². The molecule has 152 valence electrons. The first-order valence-corrected chi connectivity index (χ1v) is 9.33. The highest BCUT2D eigenvalue weighted by atomic mass is 16.5. The Hall–Kier alpha value is -3.35. The van der Waals surface area contributed by atoms with E-state index in [0.717, 1.165) is 16.7 Å². The third kappa shape index (κ3) is 4.56. The fourth-order valence-electron chi connectivity index (χ4n) is 3.32. The van der Waals surface area contributed by atoms with E-state index < -0.39 is 5.97 Å². The first-order chi connectivity index (χ1) is 13.9. The summed E-state index contributed by atoms with van der Waals surface area (Å²) >= 11 is 0. The lowest BCUT2D eigenvalue weighted by atomic mass is 9.97. The standard InChI is InChI=1S/C22H24N2O5/c1-14-4-6-15(7-5-14)19-13-18(23-24(19)21(25)10-11-22(26)27)17-12-16(28-2)8-9-20(17)29-3/h4-9,12,19H,10-11,13H2,1-3H3,(H,26,27)/t19-/m1/s1. The van der Waals surface area contributed by atoms with Gasteiger partial charge in [0.1, 0.15) is 11.5 Å². The maximum absolute atomic E-state index is 12.8. The highest BCUT2D eigenvalue weighted by molar-refractivity contribution is 6.05. The van der Waals surface area contributed by atoms with Gasteiger partial charge in [0.05, 0.1) is 32.4 Å². The molecule has 0 saturated carbocycles. The van der Waals surface area contributed by atoms with Crippen LogP contribution in [0, 0.1) is 6.92 Å². The van der Waals surface area contributed by atoms with Gasteiger partial charge in [0.15, 0.2) is 0 Å². The van der Waals surface area contributed by atoms with E-state index in [2.05, 4.69) is 5.10 Å². The van der Waals surface area contributed by atoms with Crippen LogP contribution in [0.5, 0.6) is 11.5 Å². The summed E-state index contributed by atoms with van der Waals surface area (Å²) in [6, 6.07) is 13.0. The van der Waals surface area contributed by atoms with Gasteiger partial charge in [0.25, 0.3) is 0 Å². The molecule has 0 aliphatic carbocycles. The molecule has 1 aliphatic rings. The predicted molar refractivity (Wildman–Crippen MR) is 108 cm³/mol. The van der Waals surface area contributed by atoms with Gasteiger partial charge in [-0.3, -0.25) is 9.59 Å². The lowest BCUT2D eigenvalue weighted by molar-refractivity contribution is -0.141. The highest BCUT2D eigenvalue weighted by Gasteiger charge is 2.34. The lowest BCUT2D eigenvalue weighted by Gasteiger charge is -2.22. The summed E-state index contributed by atoms with van der Waals surface area (Å²) in [7, 11) is 3.16. The topological polar surface area (TPSA) is 88.4 Å². The zero-order chi connectivity index (χ0) is 21.0. The zero-order valence-electron chi connectivity index (χ0n) is 16.7. The second-order valence-electron chi connectivity index (χ2n) is 6.88. The molecule has 0 fully saturated rings. The summed E-state index contributed by atoms with van der Waals surface area (Å²) in [6.45, 7) is 2.00. The quantitative estimate of drug-likeness (QED) is 0.773. The maximum Gasteiger partial charge on any atom is 0.303 e. The number of carboxylic acids is 1. The van der Waals surface area contributed by atoms with Gasteiger partial charge in [-0.25, -0.2) is 5.01 Å². The summed E-state index contributed by atoms with van der Waals surface area (Å²) in [6.07, 6.45) is 0.151. The van der Waals surface area contributed by atoms with Crippen LogP contribution in [0.25, 0.3) is 0 Å². The average Bonchev–Trinajstić information content (AvgIpc) is 3.17. The van der Waals surface area contributed by atoms with Crippen LogP contribution in [0.1, 0.15) is 42.0 Å². The van der Waals surface area contributed by atoms with Crippen molar-refractivity contribution in [1.82, 2.24) is 5.01 Å². The van der Waals surface area contributed by atoms with Crippen molar-refractivity contribution in [3.63, 3.8) is 0 Å². The van der Waals surface area contributed by atoms with Crippen molar-refractivity contribution in [2.45, 2.75) is 32.2 Å². The number of benzene rings is 2. The number of amides is 1. The summed E-state index contributed by atoms with van der Waals surface area (Å²) in [5.41, 5.74) is 3.50. The number of ether oxygens (including phenoxy) is 2. The van der Waals surface area contributed by atoms with Crippen LogP contribution in [0.3, 0.4) is 0 Å². The molecule has 2 aromatic carbocycles. The molecule has 1 N–H and O–H groups in total. The number of hydrazone groups is 1. The van der Waals surface area contributed by atoms with E-state index >= 15 is 0 Å². The summed E-state index contributed by atoms with van der Waals surface area (Å²) in [5, 5.41) is 14.9. The van der Waals surface area contributed by atoms with E-state index in [9.17, 15) is 9.59 Å². The molecular formula is C22H24N2O5. The predicted octanol–water partition coefficient (Wildman–Crippen LogP) is 3.55. The van der Waals surface area contributed by atoms with Gasteiger partial charge in [0, 0.05) is 18.4 Å². The van der Waals surface area contributed by atoms with Crippen molar-refractivity contribution in [2.24, 2.45) is 5.10 Å². The molecule has 7 heteroatoms. The SMILES string of the molecule is COc1ccc(OC)c(C2=NN(C(=O)CCC(=O)O)[C@@H](c3ccc(C)cc3)C2)c1. The van der Waals surface area contributed by atoms with Crippen molar-refractivity contribution < 1.29 is 24.2 Å². The van der Waals surface area contributed by atoms with E-state index in [1.165, 1.54) is 5.01 Å². The number of carbonyl (C=O) groups excluding carboxylic acids is 1. The largest absolute Gasteiger partial charge is 0.497 e. The summed E-state index contributed by atoms with van der Waals surface area (Å²) < 4.78 is 10.8. The Bertz CT molecular complexity index is 937. The molecule has 29 heavy (non-hydrogen) atoms. The smallest absolute Gasteiger partial charge is 0.303 e. The van der Waals surface area contributed by atoms with Gasteiger partial charge in [-0.05, 0) is 30.7 Å². The van der Waals surface area contributed by atoms with Crippen molar-refractivity contribution in [3.05, 3.63) is 59.2 Å². The Labute approximate surface area is 169 Å². The van der Waals surface area contributed by atoms with Crippen LogP contribution in [0.4, 0.5) is 0 Å². The van der Waals surface area contributed by atoms with E-state index in [1.54, 1.807) is 26.4 Å². The van der Waals surface area contributed by atoms with Crippen LogP contribution in [0.2, 0.25) is 0 Å². The van der Waals surface area contributed by atoms with Gasteiger partial charge in [-0.1, -0.05) is 29.8 Å². The van der Waals surface area contributed by atoms with Crippen molar-refractivity contribution in [2.75, 3.05) is 14.2 Å². The Morgan fingerprint density at radius 3 is 2.45 bits per heavy atom. The molecule has 0 spiro atoms. The molecular weight excluding hydrogens is 372 g/mol. The van der Waals surface area contributed by atoms with Gasteiger partial charge in [-0.2, -0.15) is 5.10 Å². The molecule has 0 radical (unpaired) electrons. The van der Waals surface area contributed by atoms with Crippen LogP contribution in [-0.2, 0) is 9.59 Å². The number of nitrogens with zero attached hydrogens (tertiary/aromatic N) is 2. The molecule has 7 nitrogen and oxygen atoms in total. The molecule has 0 saturated heterocycles. The fourth-order valence-corrected chi connectivity index (χ4v) is 3.32. The van der Waals surface area contributed by atoms with Gasteiger partial charge in [-0.15, -0.1) is 0 Å². The minimum absolute atomic E-state index is 0.107. The summed E-state index contributed by atoms with van der Waals surface area (Å²) in [4.78, 5) is 23.7. The first-order valence-electron chi connectivity index (χ1n) is 9.33. The van der Waals surface area contributed by atoms with Crippen molar-refractivity contribution in [1.29, 1.82) is 0 Å². The van der Waals surface area contributed by atoms with E-state index in [0.29, 0.717) is 23.6 Å². The van der Waals surface area contributed by atoms with Crippen molar-refractivity contribution in [3.8, 4) is 11.5 Å². The lowest BCUT2D eigenvalue weighted by Crippen LogP contribution is -2.27. The maximum atomic E-state index is 12.8. The van der Waals surface area contributed by atoms with Crippen molar-refractivity contribution >= 4 is 17.6 Å². The first kappa shape index (κ1) is 20.4. The number of carboxylic acid groups (broad SMARTS) is 1. The number of aliphatic carboxylic acids is 1. The molecule has 2 aromatic rings. The second kappa shape index (κ2) is 8.77. The Morgan fingerprint density at radius 2 is 1.83 bits per heavy atom. The van der Waals surface area contributed by atoms with E-state index in [1.807, 2.05) is 37.3 Å². The molecule has 0 aromatic heterocycles. The van der Waals surface area contributed by atoms with E-state index in [4.69, 9.17) is 14.6 Å². The third-order valence-corrected chi connectivity index (χ3v) is 4.90. The minimum atomic E-state index is -1.01. The van der Waals surface area contributed by atoms with Gasteiger partial charge >= 0.3 is 5.97 Å². The molecule has 1 atom stereocenters. The van der Waals surface area contributed by atoms with Gasteiger partial charge < -0.3 is 14.6 Å². The number of carbonyl (C=O) groups is 2. The number of rotatable bonds is 7. The molecule has 1 heterocycles. The normalized spacial score (nSPS) is 15.8. The molecule has 1 aliphatic heterocycles. The summed E-state index contributed by atoms with van der Waals surface area (Å²) in [5.74, 6) is -0.0454. The second-order valence-corrected chi connectivity index (χ2v) is 6.88. The number of hydrogen-bond acceptors (Lipinski definition) is 5. The Kier molecular flexibility index (Phi) is 6.16. The van der Waals surface area contributed by atoms with Crippen LogP contribution < -0.4 is 9.47 Å². The molecule has 1 amide bonds. The Balaban J connectivity index is 1.98. The number of aryl methyl sites for hydroxylation is 1. The van der Waals surface area contributed by atoms with Crippen LogP contribution >= 0.6 is 0 Å². The third-order valence-electron chi connectivity index (χ3n) is 4.90. The molecule has 3 rings (SSSR count). The monoisotopic (exact) mass is 396 g/mol.